The van der Waals surface area contributed by atoms with Crippen LogP contribution in [0.3, 0.4) is 0 Å². The lowest BCUT2D eigenvalue weighted by Crippen LogP contribution is -2.33. The molecule has 0 nitrogen and oxygen atoms in total. The van der Waals surface area contributed by atoms with E-state index in [0.29, 0.717) is 5.56 Å². The molecule has 0 amide bonds. The van der Waals surface area contributed by atoms with Crippen LogP contribution >= 0.6 is 21.8 Å². The first kappa shape index (κ1) is 9.12. The van der Waals surface area contributed by atoms with Gasteiger partial charge in [-0.1, -0.05) is 24.3 Å². The van der Waals surface area contributed by atoms with Gasteiger partial charge in [-0.15, -0.1) is 0 Å². The summed E-state index contributed by atoms with van der Waals surface area (Å²) in [6, 6.07) is 6.65. The van der Waals surface area contributed by atoms with Gasteiger partial charge in [-0.05, 0) is 34.3 Å². The zero-order chi connectivity index (χ0) is 8.48. The fourth-order valence-corrected chi connectivity index (χ4v) is 3.52. The van der Waals surface area contributed by atoms with Gasteiger partial charge >= 0.3 is 6.24 Å². The molecule has 0 aliphatic heterocycles. The summed E-state index contributed by atoms with van der Waals surface area (Å²) in [4.78, 5) is 0. The summed E-state index contributed by atoms with van der Waals surface area (Å²) in [6.07, 6.45) is -4.11. The van der Waals surface area contributed by atoms with Gasteiger partial charge in [0.1, 0.15) is 0 Å². The predicted octanol–water partition coefficient (Wildman–Crippen LogP) is 2.51. The molecule has 0 fully saturated rings. The molecule has 0 aromatic heterocycles. The second kappa shape index (κ2) is 3.18. The first-order valence-corrected chi connectivity index (χ1v) is 8.01. The second-order valence-corrected chi connectivity index (χ2v) is 7.91. The molecule has 0 aliphatic carbocycles. The van der Waals surface area contributed by atoms with Crippen molar-refractivity contribution in [1.29, 1.82) is 0 Å². The average molecular weight is 284 g/mol. The maximum Gasteiger partial charge on any atom is 0.519 e. The molecule has 0 spiro atoms. The molecule has 0 bridgehead atoms. The van der Waals surface area contributed by atoms with E-state index in [1.807, 2.05) is 0 Å². The van der Waals surface area contributed by atoms with Crippen LogP contribution in [-0.2, 0) is 0 Å². The van der Waals surface area contributed by atoms with E-state index in [0.717, 1.165) is 0 Å². The maximum absolute atomic E-state index is 12.8. The van der Waals surface area contributed by atoms with E-state index in [1.165, 1.54) is 27.9 Å². The van der Waals surface area contributed by atoms with Gasteiger partial charge in [-0.2, -0.15) is 0 Å². The van der Waals surface area contributed by atoms with Crippen LogP contribution in [0, 0.1) is 6.92 Å². The highest BCUT2D eigenvalue weighted by atomic mass is 127. The molecule has 60 valence electrons. The van der Waals surface area contributed by atoms with Crippen molar-refractivity contribution in [3.8, 4) is 0 Å². The summed E-state index contributed by atoms with van der Waals surface area (Å²) >= 11 is 1.27. The van der Waals surface area contributed by atoms with Crippen molar-refractivity contribution in [2.75, 3.05) is 0 Å². The Bertz CT molecular complexity index is 257. The lowest BCUT2D eigenvalue weighted by atomic mass is 10.2. The van der Waals surface area contributed by atoms with Crippen molar-refractivity contribution >= 4 is 33.2 Å². The van der Waals surface area contributed by atoms with Crippen LogP contribution in [0.4, 0.5) is 8.22 Å². The van der Waals surface area contributed by atoms with Crippen molar-refractivity contribution in [2.45, 2.75) is 6.92 Å². The van der Waals surface area contributed by atoms with Crippen LogP contribution < -0.4 is 5.19 Å². The Morgan fingerprint density at radius 2 is 1.82 bits per heavy atom. The van der Waals surface area contributed by atoms with Crippen LogP contribution in [0.5, 0.6) is 0 Å². The summed E-state index contributed by atoms with van der Waals surface area (Å²) in [5, 5.41) is 0.237. The Labute approximate surface area is 78.2 Å². The van der Waals surface area contributed by atoms with Gasteiger partial charge < -0.3 is 0 Å². The summed E-state index contributed by atoms with van der Waals surface area (Å²) in [5.74, 6) is 0. The number of aryl methyl sites for hydroxylation is 1. The monoisotopic (exact) mass is 284 g/mol. The molecule has 0 saturated carbocycles. The van der Waals surface area contributed by atoms with E-state index in [4.69, 9.17) is 0 Å². The summed E-state index contributed by atoms with van der Waals surface area (Å²) in [7, 11) is 0. The summed E-state index contributed by atoms with van der Waals surface area (Å²) in [6.45, 7) is 1.72. The van der Waals surface area contributed by atoms with Gasteiger partial charge in [0.25, 0.3) is 0 Å². The molecule has 4 heteroatoms. The number of rotatable bonds is 1. The minimum atomic E-state index is -4.11. The van der Waals surface area contributed by atoms with Gasteiger partial charge in [0, 0.05) is 5.19 Å². The van der Waals surface area contributed by atoms with Gasteiger partial charge in [0.15, 0.2) is 0 Å². The zero-order valence-electron chi connectivity index (χ0n) is 5.94. The fraction of sp³-hybridized carbons (Fsp3) is 0.143. The van der Waals surface area contributed by atoms with E-state index in [-0.39, 0.29) is 5.19 Å². The van der Waals surface area contributed by atoms with E-state index in [1.54, 1.807) is 25.1 Å². The summed E-state index contributed by atoms with van der Waals surface area (Å²) in [5.41, 5.74) is 0.693. The molecule has 0 unspecified atom stereocenters. The Balaban J connectivity index is 3.14. The van der Waals surface area contributed by atoms with Crippen LogP contribution in [0.15, 0.2) is 24.3 Å². The molecule has 0 heterocycles. The van der Waals surface area contributed by atoms with Gasteiger partial charge in [-0.3, -0.25) is 8.22 Å². The lowest BCUT2D eigenvalue weighted by molar-refractivity contribution is 0.678. The Kier molecular flexibility index (Phi) is 2.64. The molecule has 0 atom stereocenters. The lowest BCUT2D eigenvalue weighted by Gasteiger charge is -2.07. The number of hydrogen-bond acceptors (Lipinski definition) is 0. The molecule has 0 aliphatic rings. The average Bonchev–Trinajstić information content (AvgIpc) is 1.86. The highest BCUT2D eigenvalue weighted by Gasteiger charge is 2.35. The fourth-order valence-electron chi connectivity index (χ4n) is 0.891. The highest BCUT2D eigenvalue weighted by molar-refractivity contribution is 14.1. The number of hydrogen-bond donors (Lipinski definition) is 0. The molecular formula is C7H7F2ISi. The molecule has 1 rings (SSSR count). The Hall–Kier alpha value is 0.0269. The Morgan fingerprint density at radius 3 is 2.18 bits per heavy atom. The minimum Gasteiger partial charge on any atom is -0.254 e. The highest BCUT2D eigenvalue weighted by Crippen LogP contribution is 2.17. The first-order chi connectivity index (χ1) is 5.02. The smallest absolute Gasteiger partial charge is 0.254 e. The molecule has 0 N–H and O–H groups in total. The van der Waals surface area contributed by atoms with Crippen LogP contribution in [0.2, 0.25) is 0 Å². The predicted molar refractivity (Wildman–Crippen MR) is 52.8 cm³/mol. The number of halogens is 3. The van der Waals surface area contributed by atoms with E-state index in [9.17, 15) is 8.22 Å². The van der Waals surface area contributed by atoms with Crippen LogP contribution in [0.25, 0.3) is 0 Å². The van der Waals surface area contributed by atoms with E-state index in [2.05, 4.69) is 0 Å². The van der Waals surface area contributed by atoms with Crippen molar-refractivity contribution in [3.05, 3.63) is 29.8 Å². The maximum atomic E-state index is 12.8. The Morgan fingerprint density at radius 1 is 1.27 bits per heavy atom. The second-order valence-electron chi connectivity index (χ2n) is 2.31. The molecular weight excluding hydrogens is 277 g/mol. The van der Waals surface area contributed by atoms with Gasteiger partial charge in [0.2, 0.25) is 0 Å². The minimum absolute atomic E-state index is 0.237. The number of benzene rings is 1. The molecule has 0 saturated heterocycles. The van der Waals surface area contributed by atoms with Crippen molar-refractivity contribution in [3.63, 3.8) is 0 Å². The summed E-state index contributed by atoms with van der Waals surface area (Å²) < 4.78 is 25.7. The third-order valence-corrected chi connectivity index (χ3v) is 4.37. The van der Waals surface area contributed by atoms with Gasteiger partial charge in [0.05, 0.1) is 0 Å². The molecule has 0 radical (unpaired) electrons. The van der Waals surface area contributed by atoms with E-state index >= 15 is 0 Å². The normalized spacial score (nSPS) is 11.6. The topological polar surface area (TPSA) is 0 Å². The van der Waals surface area contributed by atoms with Crippen LogP contribution in [0.1, 0.15) is 5.56 Å². The largest absolute Gasteiger partial charge is 0.519 e. The van der Waals surface area contributed by atoms with Gasteiger partial charge in [-0.25, -0.2) is 0 Å². The SMILES string of the molecule is Cc1ccccc1[Si](F)(F)I. The molecule has 1 aromatic carbocycles. The third kappa shape index (κ3) is 2.23. The first-order valence-electron chi connectivity index (χ1n) is 3.14. The van der Waals surface area contributed by atoms with Crippen LogP contribution in [-0.4, -0.2) is 6.24 Å². The quantitative estimate of drug-likeness (QED) is 0.422. The third-order valence-electron chi connectivity index (χ3n) is 1.45. The van der Waals surface area contributed by atoms with Crippen molar-refractivity contribution < 1.29 is 8.22 Å². The van der Waals surface area contributed by atoms with E-state index < -0.39 is 6.24 Å². The molecule has 1 aromatic rings. The zero-order valence-corrected chi connectivity index (χ0v) is 9.10. The molecule has 11 heavy (non-hydrogen) atoms. The standard InChI is InChI=1S/C7H7F2ISi/c1-6-4-2-3-5-7(6)11(8,9)10/h2-5H,1H3. The van der Waals surface area contributed by atoms with Crippen molar-refractivity contribution in [2.24, 2.45) is 0 Å². The van der Waals surface area contributed by atoms with Crippen molar-refractivity contribution in [1.82, 2.24) is 0 Å².